The van der Waals surface area contributed by atoms with Crippen molar-refractivity contribution in [2.75, 3.05) is 11.9 Å². The Hall–Kier alpha value is -1.17. The Morgan fingerprint density at radius 1 is 1.39 bits per heavy atom. The molecule has 1 aliphatic rings. The average Bonchev–Trinajstić information content (AvgIpc) is 2.37. The SMILES string of the molecule is O=[N+]([O-])c1ccc(Br)nc1NCC1CCCCC1. The van der Waals surface area contributed by atoms with E-state index in [1.165, 1.54) is 38.2 Å². The third-order valence-corrected chi connectivity index (χ3v) is 3.76. The first-order chi connectivity index (χ1) is 8.66. The van der Waals surface area contributed by atoms with Crippen LogP contribution in [0.4, 0.5) is 11.5 Å². The van der Waals surface area contributed by atoms with E-state index in [2.05, 4.69) is 26.2 Å². The summed E-state index contributed by atoms with van der Waals surface area (Å²) in [4.78, 5) is 14.6. The topological polar surface area (TPSA) is 68.1 Å². The zero-order valence-electron chi connectivity index (χ0n) is 10.1. The summed E-state index contributed by atoms with van der Waals surface area (Å²) in [6.45, 7) is 0.768. The van der Waals surface area contributed by atoms with E-state index in [9.17, 15) is 10.1 Å². The maximum absolute atomic E-state index is 10.9. The van der Waals surface area contributed by atoms with Gasteiger partial charge in [0.25, 0.3) is 0 Å². The van der Waals surface area contributed by atoms with Gasteiger partial charge in [-0.05, 0) is 40.8 Å². The van der Waals surface area contributed by atoms with Gasteiger partial charge in [0.05, 0.1) is 4.92 Å². The highest BCUT2D eigenvalue weighted by molar-refractivity contribution is 9.10. The Bertz CT molecular complexity index is 433. The molecule has 1 fully saturated rings. The quantitative estimate of drug-likeness (QED) is 0.522. The maximum atomic E-state index is 10.9. The van der Waals surface area contributed by atoms with Gasteiger partial charge < -0.3 is 5.32 Å². The van der Waals surface area contributed by atoms with Crippen LogP contribution in [0.5, 0.6) is 0 Å². The molecule has 1 saturated carbocycles. The Kier molecular flexibility index (Phi) is 4.52. The van der Waals surface area contributed by atoms with Crippen LogP contribution in [0.25, 0.3) is 0 Å². The smallest absolute Gasteiger partial charge is 0.311 e. The van der Waals surface area contributed by atoms with Crippen molar-refractivity contribution in [2.45, 2.75) is 32.1 Å². The molecule has 0 saturated heterocycles. The zero-order chi connectivity index (χ0) is 13.0. The van der Waals surface area contributed by atoms with Gasteiger partial charge in [0.1, 0.15) is 4.60 Å². The Morgan fingerprint density at radius 2 is 2.11 bits per heavy atom. The van der Waals surface area contributed by atoms with Gasteiger partial charge in [0.15, 0.2) is 0 Å². The van der Waals surface area contributed by atoms with Crippen molar-refractivity contribution in [1.82, 2.24) is 4.98 Å². The molecule has 98 valence electrons. The highest BCUT2D eigenvalue weighted by Gasteiger charge is 2.18. The lowest BCUT2D eigenvalue weighted by molar-refractivity contribution is -0.384. The van der Waals surface area contributed by atoms with Crippen LogP contribution in [-0.4, -0.2) is 16.5 Å². The van der Waals surface area contributed by atoms with E-state index in [-0.39, 0.29) is 5.69 Å². The summed E-state index contributed by atoms with van der Waals surface area (Å²) >= 11 is 3.24. The number of pyridine rings is 1. The second-order valence-electron chi connectivity index (χ2n) is 4.64. The largest absolute Gasteiger partial charge is 0.364 e. The van der Waals surface area contributed by atoms with Crippen LogP contribution in [0.3, 0.4) is 0 Å². The first kappa shape index (κ1) is 13.3. The molecular weight excluding hydrogens is 298 g/mol. The Morgan fingerprint density at radius 3 is 2.78 bits per heavy atom. The van der Waals surface area contributed by atoms with Crippen molar-refractivity contribution in [2.24, 2.45) is 5.92 Å². The van der Waals surface area contributed by atoms with Crippen LogP contribution in [0.2, 0.25) is 0 Å². The van der Waals surface area contributed by atoms with E-state index >= 15 is 0 Å². The number of hydrogen-bond donors (Lipinski definition) is 1. The molecule has 0 spiro atoms. The van der Waals surface area contributed by atoms with Crippen molar-refractivity contribution in [1.29, 1.82) is 0 Å². The summed E-state index contributed by atoms with van der Waals surface area (Å²) in [5.74, 6) is 0.971. The average molecular weight is 314 g/mol. The minimum Gasteiger partial charge on any atom is -0.364 e. The monoisotopic (exact) mass is 313 g/mol. The molecule has 0 aromatic carbocycles. The summed E-state index contributed by atoms with van der Waals surface area (Å²) in [5.41, 5.74) is 0.0361. The van der Waals surface area contributed by atoms with Gasteiger partial charge in [-0.2, -0.15) is 0 Å². The van der Waals surface area contributed by atoms with Crippen LogP contribution in [0.1, 0.15) is 32.1 Å². The zero-order valence-corrected chi connectivity index (χ0v) is 11.6. The summed E-state index contributed by atoms with van der Waals surface area (Å²) in [6, 6.07) is 3.06. The number of halogens is 1. The Balaban J connectivity index is 2.03. The lowest BCUT2D eigenvalue weighted by atomic mass is 9.89. The van der Waals surface area contributed by atoms with E-state index in [1.807, 2.05) is 0 Å². The molecule has 0 atom stereocenters. The number of hydrogen-bond acceptors (Lipinski definition) is 4. The first-order valence-electron chi connectivity index (χ1n) is 6.21. The lowest BCUT2D eigenvalue weighted by Gasteiger charge is -2.21. The molecular formula is C12H16BrN3O2. The van der Waals surface area contributed by atoms with Crippen molar-refractivity contribution >= 4 is 27.4 Å². The lowest BCUT2D eigenvalue weighted by Crippen LogP contribution is -2.18. The number of anilines is 1. The fraction of sp³-hybridized carbons (Fsp3) is 0.583. The second-order valence-corrected chi connectivity index (χ2v) is 5.46. The molecule has 0 amide bonds. The molecule has 1 aliphatic carbocycles. The van der Waals surface area contributed by atoms with Gasteiger partial charge in [0.2, 0.25) is 5.82 Å². The van der Waals surface area contributed by atoms with Crippen LogP contribution >= 0.6 is 15.9 Å². The molecule has 0 bridgehead atoms. The second kappa shape index (κ2) is 6.13. The van der Waals surface area contributed by atoms with E-state index in [0.29, 0.717) is 16.3 Å². The number of nitro groups is 1. The molecule has 1 aromatic rings. The van der Waals surface area contributed by atoms with E-state index in [0.717, 1.165) is 6.54 Å². The van der Waals surface area contributed by atoms with Gasteiger partial charge in [-0.1, -0.05) is 19.3 Å². The predicted molar refractivity (Wildman–Crippen MR) is 73.7 cm³/mol. The van der Waals surface area contributed by atoms with Gasteiger partial charge in [-0.3, -0.25) is 10.1 Å². The molecule has 1 N–H and O–H groups in total. The molecule has 6 heteroatoms. The van der Waals surface area contributed by atoms with Gasteiger partial charge in [0, 0.05) is 12.6 Å². The van der Waals surface area contributed by atoms with Gasteiger partial charge in [-0.15, -0.1) is 0 Å². The molecule has 5 nitrogen and oxygen atoms in total. The van der Waals surface area contributed by atoms with Crippen LogP contribution in [-0.2, 0) is 0 Å². The molecule has 2 rings (SSSR count). The molecule has 18 heavy (non-hydrogen) atoms. The summed E-state index contributed by atoms with van der Waals surface area (Å²) in [6.07, 6.45) is 6.25. The number of nitrogens with one attached hydrogen (secondary N) is 1. The fourth-order valence-corrected chi connectivity index (χ4v) is 2.65. The molecule has 1 aromatic heterocycles. The van der Waals surface area contributed by atoms with Crippen LogP contribution in [0.15, 0.2) is 16.7 Å². The predicted octanol–water partition coefficient (Wildman–Crippen LogP) is 3.74. The van der Waals surface area contributed by atoms with Crippen LogP contribution in [0, 0.1) is 16.0 Å². The standard InChI is InChI=1S/C12H16BrN3O2/c13-11-7-6-10(16(17)18)12(15-11)14-8-9-4-2-1-3-5-9/h6-7,9H,1-5,8H2,(H,14,15). The first-order valence-corrected chi connectivity index (χ1v) is 7.01. The van der Waals surface area contributed by atoms with Crippen molar-refractivity contribution in [3.05, 3.63) is 26.9 Å². The van der Waals surface area contributed by atoms with Crippen molar-refractivity contribution < 1.29 is 4.92 Å². The Labute approximate surface area is 114 Å². The summed E-state index contributed by atoms with van der Waals surface area (Å²) in [7, 11) is 0. The normalized spacial score (nSPS) is 16.5. The van der Waals surface area contributed by atoms with Gasteiger partial charge in [-0.25, -0.2) is 4.98 Å². The highest BCUT2D eigenvalue weighted by atomic mass is 79.9. The van der Waals surface area contributed by atoms with Crippen molar-refractivity contribution in [3.8, 4) is 0 Å². The minimum absolute atomic E-state index is 0.0361. The maximum Gasteiger partial charge on any atom is 0.311 e. The minimum atomic E-state index is -0.400. The number of nitrogens with zero attached hydrogens (tertiary/aromatic N) is 2. The third-order valence-electron chi connectivity index (χ3n) is 3.32. The summed E-state index contributed by atoms with van der Waals surface area (Å²) < 4.78 is 0.610. The summed E-state index contributed by atoms with van der Waals surface area (Å²) in [5, 5.41) is 14.0. The third kappa shape index (κ3) is 3.41. The van der Waals surface area contributed by atoms with Gasteiger partial charge >= 0.3 is 5.69 Å². The highest BCUT2D eigenvalue weighted by Crippen LogP contribution is 2.27. The number of aromatic nitrogens is 1. The van der Waals surface area contributed by atoms with Crippen molar-refractivity contribution in [3.63, 3.8) is 0 Å². The van der Waals surface area contributed by atoms with E-state index in [1.54, 1.807) is 6.07 Å². The van der Waals surface area contributed by atoms with E-state index in [4.69, 9.17) is 0 Å². The fourth-order valence-electron chi connectivity index (χ4n) is 2.34. The molecule has 0 radical (unpaired) electrons. The number of rotatable bonds is 4. The molecule has 1 heterocycles. The molecule has 0 aliphatic heterocycles. The molecule has 0 unspecified atom stereocenters. The van der Waals surface area contributed by atoms with Crippen LogP contribution < -0.4 is 5.32 Å². The van der Waals surface area contributed by atoms with E-state index < -0.39 is 4.92 Å².